The highest BCUT2D eigenvalue weighted by atomic mass is 79.9. The standard InChI is InChI=1S/C11H17BrN2O3S.ClH/c1-11(2,13)7-14-18(15,16)8-4-5-10(17-3)9(12)6-8;/h4-6,14H,7,13H2,1-3H3;1H. The van der Waals surface area contributed by atoms with Gasteiger partial charge in [0.05, 0.1) is 16.5 Å². The van der Waals surface area contributed by atoms with E-state index in [-0.39, 0.29) is 23.8 Å². The molecule has 1 aromatic rings. The first-order valence-electron chi connectivity index (χ1n) is 5.28. The first-order chi connectivity index (χ1) is 8.15. The zero-order valence-corrected chi connectivity index (χ0v) is 14.2. The molecule has 0 saturated heterocycles. The molecule has 3 N–H and O–H groups in total. The summed E-state index contributed by atoms with van der Waals surface area (Å²) in [7, 11) is -2.04. The van der Waals surface area contributed by atoms with E-state index in [1.807, 2.05) is 0 Å². The second kappa shape index (κ2) is 6.90. The molecule has 0 heterocycles. The molecule has 0 fully saturated rings. The van der Waals surface area contributed by atoms with Crippen LogP contribution in [0, 0.1) is 0 Å². The maximum atomic E-state index is 12.0. The maximum Gasteiger partial charge on any atom is 0.240 e. The van der Waals surface area contributed by atoms with Gasteiger partial charge in [-0.25, -0.2) is 13.1 Å². The van der Waals surface area contributed by atoms with Crippen molar-refractivity contribution in [2.24, 2.45) is 5.73 Å². The van der Waals surface area contributed by atoms with E-state index in [2.05, 4.69) is 20.7 Å². The number of sulfonamides is 1. The Morgan fingerprint density at radius 1 is 1.42 bits per heavy atom. The minimum absolute atomic E-state index is 0. The first kappa shape index (κ1) is 18.7. The van der Waals surface area contributed by atoms with Crippen LogP contribution < -0.4 is 15.2 Å². The third-order valence-electron chi connectivity index (χ3n) is 2.15. The monoisotopic (exact) mass is 372 g/mol. The fraction of sp³-hybridized carbons (Fsp3) is 0.455. The van der Waals surface area contributed by atoms with E-state index in [1.165, 1.54) is 19.2 Å². The number of benzene rings is 1. The maximum absolute atomic E-state index is 12.0. The van der Waals surface area contributed by atoms with Crippen LogP contribution in [0.5, 0.6) is 5.75 Å². The molecule has 110 valence electrons. The lowest BCUT2D eigenvalue weighted by Crippen LogP contribution is -2.45. The van der Waals surface area contributed by atoms with Crippen molar-refractivity contribution in [3.8, 4) is 5.75 Å². The molecule has 0 bridgehead atoms. The van der Waals surface area contributed by atoms with E-state index in [0.29, 0.717) is 10.2 Å². The minimum atomic E-state index is -3.56. The summed E-state index contributed by atoms with van der Waals surface area (Å²) in [4.78, 5) is 0.166. The fourth-order valence-electron chi connectivity index (χ4n) is 1.18. The Labute approximate surface area is 128 Å². The van der Waals surface area contributed by atoms with Gasteiger partial charge in [0, 0.05) is 12.1 Å². The van der Waals surface area contributed by atoms with Gasteiger partial charge in [-0.1, -0.05) is 0 Å². The molecule has 0 spiro atoms. The van der Waals surface area contributed by atoms with E-state index in [1.54, 1.807) is 19.9 Å². The van der Waals surface area contributed by atoms with Crippen LogP contribution in [-0.4, -0.2) is 27.6 Å². The van der Waals surface area contributed by atoms with Gasteiger partial charge in [0.15, 0.2) is 0 Å². The van der Waals surface area contributed by atoms with Crippen LogP contribution in [0.2, 0.25) is 0 Å². The Morgan fingerprint density at radius 3 is 2.42 bits per heavy atom. The third kappa shape index (κ3) is 5.66. The summed E-state index contributed by atoms with van der Waals surface area (Å²) in [5.41, 5.74) is 5.14. The molecule has 0 amide bonds. The van der Waals surface area contributed by atoms with Gasteiger partial charge in [-0.05, 0) is 48.0 Å². The van der Waals surface area contributed by atoms with Crippen molar-refractivity contribution in [1.29, 1.82) is 0 Å². The molecule has 8 heteroatoms. The average molecular weight is 374 g/mol. The first-order valence-corrected chi connectivity index (χ1v) is 7.55. The SMILES string of the molecule is COc1ccc(S(=O)(=O)NCC(C)(C)N)cc1Br.Cl. The van der Waals surface area contributed by atoms with Crippen LogP contribution >= 0.6 is 28.3 Å². The Balaban J connectivity index is 0.00000324. The second-order valence-electron chi connectivity index (χ2n) is 4.61. The van der Waals surface area contributed by atoms with Gasteiger partial charge in [-0.15, -0.1) is 12.4 Å². The second-order valence-corrected chi connectivity index (χ2v) is 7.23. The highest BCUT2D eigenvalue weighted by Crippen LogP contribution is 2.27. The molecular formula is C11H18BrClN2O3S. The molecule has 0 radical (unpaired) electrons. The number of rotatable bonds is 5. The number of hydrogen-bond donors (Lipinski definition) is 2. The van der Waals surface area contributed by atoms with Gasteiger partial charge in [-0.3, -0.25) is 0 Å². The van der Waals surface area contributed by atoms with Gasteiger partial charge < -0.3 is 10.5 Å². The van der Waals surface area contributed by atoms with Gasteiger partial charge in [0.25, 0.3) is 0 Å². The van der Waals surface area contributed by atoms with Gasteiger partial charge in [0.2, 0.25) is 10.0 Å². The lowest BCUT2D eigenvalue weighted by atomic mass is 10.1. The normalized spacial score (nSPS) is 11.8. The minimum Gasteiger partial charge on any atom is -0.496 e. The van der Waals surface area contributed by atoms with Crippen molar-refractivity contribution in [1.82, 2.24) is 4.72 Å². The molecule has 0 saturated carbocycles. The van der Waals surface area contributed by atoms with E-state index >= 15 is 0 Å². The smallest absolute Gasteiger partial charge is 0.240 e. The van der Waals surface area contributed by atoms with Crippen molar-refractivity contribution < 1.29 is 13.2 Å². The van der Waals surface area contributed by atoms with Crippen molar-refractivity contribution in [3.05, 3.63) is 22.7 Å². The summed E-state index contributed by atoms with van der Waals surface area (Å²) in [6, 6.07) is 4.56. The molecule has 0 aromatic heterocycles. The van der Waals surface area contributed by atoms with Crippen LogP contribution in [-0.2, 0) is 10.0 Å². The molecule has 1 rings (SSSR count). The predicted octanol–water partition coefficient (Wildman–Crippen LogP) is 1.90. The molecule has 1 aromatic carbocycles. The highest BCUT2D eigenvalue weighted by Gasteiger charge is 2.19. The summed E-state index contributed by atoms with van der Waals surface area (Å²) in [6.45, 7) is 3.66. The Hall–Kier alpha value is -0.340. The molecule has 5 nitrogen and oxygen atoms in total. The topological polar surface area (TPSA) is 81.4 Å². The molecule has 19 heavy (non-hydrogen) atoms. The summed E-state index contributed by atoms with van der Waals surface area (Å²) in [5, 5.41) is 0. The summed E-state index contributed by atoms with van der Waals surface area (Å²) in [6.07, 6.45) is 0. The van der Waals surface area contributed by atoms with E-state index in [4.69, 9.17) is 10.5 Å². The summed E-state index contributed by atoms with van der Waals surface area (Å²) in [5.74, 6) is 0.577. The quantitative estimate of drug-likeness (QED) is 0.826. The van der Waals surface area contributed by atoms with Crippen molar-refractivity contribution in [2.45, 2.75) is 24.3 Å². The van der Waals surface area contributed by atoms with E-state index < -0.39 is 15.6 Å². The fourth-order valence-corrected chi connectivity index (χ4v) is 3.12. The van der Waals surface area contributed by atoms with Crippen LogP contribution in [0.1, 0.15) is 13.8 Å². The van der Waals surface area contributed by atoms with Crippen molar-refractivity contribution >= 4 is 38.4 Å². The number of hydrogen-bond acceptors (Lipinski definition) is 4. The van der Waals surface area contributed by atoms with Crippen LogP contribution in [0.15, 0.2) is 27.6 Å². The van der Waals surface area contributed by atoms with Gasteiger partial charge in [-0.2, -0.15) is 0 Å². The molecule has 0 aliphatic heterocycles. The van der Waals surface area contributed by atoms with Crippen LogP contribution in [0.25, 0.3) is 0 Å². The predicted molar refractivity (Wildman–Crippen MR) is 81.4 cm³/mol. The zero-order chi connectivity index (χ0) is 14.0. The van der Waals surface area contributed by atoms with E-state index in [0.717, 1.165) is 0 Å². The summed E-state index contributed by atoms with van der Waals surface area (Å²) >= 11 is 3.25. The largest absolute Gasteiger partial charge is 0.496 e. The molecule has 0 atom stereocenters. The molecule has 0 aliphatic carbocycles. The zero-order valence-electron chi connectivity index (χ0n) is 10.9. The van der Waals surface area contributed by atoms with E-state index in [9.17, 15) is 8.42 Å². The van der Waals surface area contributed by atoms with Crippen molar-refractivity contribution in [3.63, 3.8) is 0 Å². The third-order valence-corrected chi connectivity index (χ3v) is 4.17. The lowest BCUT2D eigenvalue weighted by molar-refractivity contribution is 0.411. The molecule has 0 aliphatic rings. The Bertz CT molecular complexity index is 529. The number of methoxy groups -OCH3 is 1. The van der Waals surface area contributed by atoms with Gasteiger partial charge in [0.1, 0.15) is 5.75 Å². The average Bonchev–Trinajstić information content (AvgIpc) is 2.25. The number of nitrogens with one attached hydrogen (secondary N) is 1. The Morgan fingerprint density at radius 2 is 2.00 bits per heavy atom. The highest BCUT2D eigenvalue weighted by molar-refractivity contribution is 9.10. The Kier molecular flexibility index (Phi) is 6.77. The number of halogens is 2. The van der Waals surface area contributed by atoms with Crippen molar-refractivity contribution in [2.75, 3.05) is 13.7 Å². The molecule has 0 unspecified atom stereocenters. The van der Waals surface area contributed by atoms with Crippen LogP contribution in [0.4, 0.5) is 0 Å². The number of ether oxygens (including phenoxy) is 1. The lowest BCUT2D eigenvalue weighted by Gasteiger charge is -2.19. The van der Waals surface area contributed by atoms with Gasteiger partial charge >= 0.3 is 0 Å². The van der Waals surface area contributed by atoms with Crippen LogP contribution in [0.3, 0.4) is 0 Å². The summed E-state index contributed by atoms with van der Waals surface area (Å²) < 4.78 is 32.1. The molecular weight excluding hydrogens is 356 g/mol. The number of nitrogens with two attached hydrogens (primary N) is 1.